The molecule has 0 saturated heterocycles. The Balaban J connectivity index is 2.03. The van der Waals surface area contributed by atoms with Crippen molar-refractivity contribution in [2.75, 3.05) is 0 Å². The highest BCUT2D eigenvalue weighted by atomic mass is 16.5. The van der Waals surface area contributed by atoms with E-state index in [1.54, 1.807) is 0 Å². The molecule has 3 rings (SSSR count). The van der Waals surface area contributed by atoms with E-state index in [1.807, 2.05) is 33.8 Å². The number of hydrogen-bond donors (Lipinski definition) is 2. The minimum absolute atomic E-state index is 0.312. The van der Waals surface area contributed by atoms with E-state index in [2.05, 4.69) is 24.9 Å². The highest BCUT2D eigenvalue weighted by Gasteiger charge is 2.40. The smallest absolute Gasteiger partial charge is 0.127 e. The molecule has 2 atom stereocenters. The van der Waals surface area contributed by atoms with Crippen molar-refractivity contribution in [3.8, 4) is 11.5 Å². The summed E-state index contributed by atoms with van der Waals surface area (Å²) in [7, 11) is 0. The largest absolute Gasteiger partial charge is 0.507 e. The summed E-state index contributed by atoms with van der Waals surface area (Å²) in [6, 6.07) is 3.78. The fourth-order valence-electron chi connectivity index (χ4n) is 3.83. The molecule has 0 radical (unpaired) electrons. The molecule has 0 fully saturated rings. The molecule has 1 aromatic carbocycles. The highest BCUT2D eigenvalue weighted by Crippen LogP contribution is 2.45. The minimum atomic E-state index is -0.527. The highest BCUT2D eigenvalue weighted by molar-refractivity contribution is 5.58. The molecule has 1 aromatic heterocycles. The first-order valence-electron chi connectivity index (χ1n) is 8.85. The van der Waals surface area contributed by atoms with Gasteiger partial charge in [-0.2, -0.15) is 0 Å². The average Bonchev–Trinajstić information content (AvgIpc) is 2.56. The molecule has 4 heteroatoms. The van der Waals surface area contributed by atoms with Crippen molar-refractivity contribution in [3.05, 3.63) is 51.3 Å². The summed E-state index contributed by atoms with van der Waals surface area (Å²) in [5.74, 6) is 1.25. The summed E-state index contributed by atoms with van der Waals surface area (Å²) in [4.78, 5) is 4.64. The standard InChI is InChI=1S/C21H28N2O2/c1-11-9-12(2)23-17(10-11)20(22)21(6)8-7-16-15(5)18(24)13(3)14(4)19(16)25-21/h9-10,20,24H,7-8,22H2,1-6H3. The average molecular weight is 340 g/mol. The van der Waals surface area contributed by atoms with Gasteiger partial charge < -0.3 is 15.6 Å². The van der Waals surface area contributed by atoms with E-state index in [1.165, 1.54) is 0 Å². The van der Waals surface area contributed by atoms with Gasteiger partial charge in [0, 0.05) is 11.3 Å². The lowest BCUT2D eigenvalue weighted by Crippen LogP contribution is -2.47. The molecule has 0 spiro atoms. The number of aryl methyl sites for hydroxylation is 2. The molecule has 1 aliphatic rings. The van der Waals surface area contributed by atoms with Gasteiger partial charge in [0.15, 0.2) is 0 Å². The third-order valence-electron chi connectivity index (χ3n) is 5.64. The Labute approximate surface area is 150 Å². The van der Waals surface area contributed by atoms with Crippen LogP contribution < -0.4 is 10.5 Å². The van der Waals surface area contributed by atoms with Crippen LogP contribution in [0.5, 0.6) is 11.5 Å². The summed E-state index contributed by atoms with van der Waals surface area (Å²) in [5, 5.41) is 10.3. The van der Waals surface area contributed by atoms with E-state index in [4.69, 9.17) is 10.5 Å². The summed E-state index contributed by atoms with van der Waals surface area (Å²) in [6.07, 6.45) is 1.63. The van der Waals surface area contributed by atoms with Gasteiger partial charge in [-0.15, -0.1) is 0 Å². The molecular formula is C21H28N2O2. The lowest BCUT2D eigenvalue weighted by Gasteiger charge is -2.41. The summed E-state index contributed by atoms with van der Waals surface area (Å²) < 4.78 is 6.49. The normalized spacial score (nSPS) is 20.8. The molecule has 3 N–H and O–H groups in total. The first kappa shape index (κ1) is 17.7. The Bertz CT molecular complexity index is 824. The lowest BCUT2D eigenvalue weighted by atomic mass is 9.82. The van der Waals surface area contributed by atoms with E-state index >= 15 is 0 Å². The van der Waals surface area contributed by atoms with Crippen LogP contribution in [0.2, 0.25) is 0 Å². The SMILES string of the molecule is Cc1cc(C)nc(C(N)C2(C)CCc3c(C)c(O)c(C)c(C)c3O2)c1. The lowest BCUT2D eigenvalue weighted by molar-refractivity contribution is 0.0356. The topological polar surface area (TPSA) is 68.4 Å². The zero-order chi connectivity index (χ0) is 18.5. The maximum Gasteiger partial charge on any atom is 0.127 e. The molecule has 25 heavy (non-hydrogen) atoms. The molecular weight excluding hydrogens is 312 g/mol. The van der Waals surface area contributed by atoms with Gasteiger partial charge in [0.05, 0.1) is 11.7 Å². The molecule has 0 saturated carbocycles. The second-order valence-electron chi connectivity index (χ2n) is 7.63. The maximum absolute atomic E-state index is 10.3. The molecule has 1 aliphatic heterocycles. The fraction of sp³-hybridized carbons (Fsp3) is 0.476. The van der Waals surface area contributed by atoms with Crippen LogP contribution in [-0.2, 0) is 6.42 Å². The van der Waals surface area contributed by atoms with Crippen molar-refractivity contribution in [1.29, 1.82) is 0 Å². The second kappa shape index (κ2) is 6.03. The van der Waals surface area contributed by atoms with Crippen molar-refractivity contribution in [2.45, 2.75) is 66.0 Å². The summed E-state index contributed by atoms with van der Waals surface area (Å²) in [6.45, 7) is 12.0. The van der Waals surface area contributed by atoms with Crippen molar-refractivity contribution in [2.24, 2.45) is 5.73 Å². The first-order valence-corrected chi connectivity index (χ1v) is 8.85. The summed E-state index contributed by atoms with van der Waals surface area (Å²) >= 11 is 0. The van der Waals surface area contributed by atoms with Gasteiger partial charge >= 0.3 is 0 Å². The van der Waals surface area contributed by atoms with Crippen molar-refractivity contribution in [1.82, 2.24) is 4.98 Å². The Morgan fingerprint density at radius 3 is 2.44 bits per heavy atom. The van der Waals surface area contributed by atoms with Crippen LogP contribution >= 0.6 is 0 Å². The number of benzene rings is 1. The van der Waals surface area contributed by atoms with Crippen LogP contribution in [-0.4, -0.2) is 15.7 Å². The number of fused-ring (bicyclic) bond motifs is 1. The molecule has 0 aliphatic carbocycles. The molecule has 2 heterocycles. The quantitative estimate of drug-likeness (QED) is 0.863. The number of phenols is 1. The van der Waals surface area contributed by atoms with Gasteiger partial charge in [-0.05, 0) is 88.8 Å². The van der Waals surface area contributed by atoms with Gasteiger partial charge in [0.25, 0.3) is 0 Å². The fourth-order valence-corrected chi connectivity index (χ4v) is 3.83. The number of pyridine rings is 1. The van der Waals surface area contributed by atoms with E-state index in [-0.39, 0.29) is 6.04 Å². The van der Waals surface area contributed by atoms with Gasteiger partial charge in [-0.25, -0.2) is 0 Å². The number of ether oxygens (including phenoxy) is 1. The van der Waals surface area contributed by atoms with Crippen LogP contribution in [0.4, 0.5) is 0 Å². The second-order valence-corrected chi connectivity index (χ2v) is 7.63. The number of rotatable bonds is 2. The Hall–Kier alpha value is -2.07. The van der Waals surface area contributed by atoms with E-state index in [0.717, 1.165) is 57.8 Å². The molecule has 0 bridgehead atoms. The van der Waals surface area contributed by atoms with Crippen LogP contribution in [0.25, 0.3) is 0 Å². The van der Waals surface area contributed by atoms with Crippen LogP contribution in [0, 0.1) is 34.6 Å². The van der Waals surface area contributed by atoms with Gasteiger partial charge in [-0.1, -0.05) is 0 Å². The molecule has 2 unspecified atom stereocenters. The summed E-state index contributed by atoms with van der Waals surface area (Å²) in [5.41, 5.74) is 13.0. The van der Waals surface area contributed by atoms with Crippen molar-refractivity contribution in [3.63, 3.8) is 0 Å². The number of hydrogen-bond acceptors (Lipinski definition) is 4. The maximum atomic E-state index is 10.3. The zero-order valence-corrected chi connectivity index (χ0v) is 16.0. The monoisotopic (exact) mass is 340 g/mol. The van der Waals surface area contributed by atoms with Crippen LogP contribution in [0.1, 0.15) is 58.6 Å². The molecule has 2 aromatic rings. The van der Waals surface area contributed by atoms with Gasteiger partial charge in [0.1, 0.15) is 17.1 Å². The van der Waals surface area contributed by atoms with Gasteiger partial charge in [-0.3, -0.25) is 4.98 Å². The first-order chi connectivity index (χ1) is 11.6. The van der Waals surface area contributed by atoms with E-state index in [9.17, 15) is 5.11 Å². The predicted molar refractivity (Wildman–Crippen MR) is 100 cm³/mol. The van der Waals surface area contributed by atoms with E-state index in [0.29, 0.717) is 5.75 Å². The third kappa shape index (κ3) is 2.89. The van der Waals surface area contributed by atoms with Gasteiger partial charge in [0.2, 0.25) is 0 Å². The predicted octanol–water partition coefficient (Wildman–Crippen LogP) is 4.11. The number of nitrogens with zero attached hydrogens (tertiary/aromatic N) is 1. The Morgan fingerprint density at radius 1 is 1.12 bits per heavy atom. The molecule has 134 valence electrons. The molecule has 4 nitrogen and oxygen atoms in total. The van der Waals surface area contributed by atoms with Crippen molar-refractivity contribution < 1.29 is 9.84 Å². The van der Waals surface area contributed by atoms with E-state index < -0.39 is 5.60 Å². The Kier molecular flexibility index (Phi) is 4.28. The third-order valence-corrected chi connectivity index (χ3v) is 5.64. The number of phenolic OH excluding ortho intramolecular Hbond substituents is 1. The Morgan fingerprint density at radius 2 is 1.80 bits per heavy atom. The minimum Gasteiger partial charge on any atom is -0.507 e. The zero-order valence-electron chi connectivity index (χ0n) is 16.0. The number of aromatic nitrogens is 1. The number of nitrogens with two attached hydrogens (primary N) is 1. The molecule has 0 amide bonds. The van der Waals surface area contributed by atoms with Crippen LogP contribution in [0.15, 0.2) is 12.1 Å². The number of aromatic hydroxyl groups is 1. The van der Waals surface area contributed by atoms with Crippen molar-refractivity contribution >= 4 is 0 Å². The van der Waals surface area contributed by atoms with Crippen LogP contribution in [0.3, 0.4) is 0 Å².